The Kier molecular flexibility index (Phi) is 7.31. The van der Waals surface area contributed by atoms with Crippen LogP contribution in [0.1, 0.15) is 41.4 Å². The number of carbonyl (C=O) groups is 1. The number of aromatic nitrogens is 4. The molecule has 0 aliphatic carbocycles. The van der Waals surface area contributed by atoms with Gasteiger partial charge in [-0.05, 0) is 44.5 Å². The molecule has 0 saturated heterocycles. The third-order valence-corrected chi connectivity index (χ3v) is 5.67. The van der Waals surface area contributed by atoms with Crippen molar-refractivity contribution in [3.8, 4) is 17.0 Å². The van der Waals surface area contributed by atoms with Gasteiger partial charge in [0.2, 0.25) is 5.95 Å². The summed E-state index contributed by atoms with van der Waals surface area (Å²) >= 11 is 6.36. The summed E-state index contributed by atoms with van der Waals surface area (Å²) in [5.41, 5.74) is 4.66. The van der Waals surface area contributed by atoms with E-state index in [4.69, 9.17) is 16.3 Å². The lowest BCUT2D eigenvalue weighted by Crippen LogP contribution is -2.22. The largest absolute Gasteiger partial charge is 0.495 e. The highest BCUT2D eigenvalue weighted by atomic mass is 35.5. The summed E-state index contributed by atoms with van der Waals surface area (Å²) in [6.45, 7) is 6.56. The van der Waals surface area contributed by atoms with Crippen LogP contribution in [0.5, 0.6) is 5.75 Å². The van der Waals surface area contributed by atoms with Gasteiger partial charge in [-0.1, -0.05) is 41.4 Å². The van der Waals surface area contributed by atoms with E-state index in [-0.39, 0.29) is 11.9 Å². The van der Waals surface area contributed by atoms with E-state index in [9.17, 15) is 4.79 Å². The number of halogens is 1. The molecule has 2 heterocycles. The van der Waals surface area contributed by atoms with Crippen LogP contribution < -0.4 is 15.4 Å². The number of anilines is 2. The number of nitrogens with zero attached hydrogens (tertiary/aromatic N) is 4. The summed E-state index contributed by atoms with van der Waals surface area (Å²) < 4.78 is 7.36. The fourth-order valence-electron chi connectivity index (χ4n) is 3.54. The second kappa shape index (κ2) is 10.6. The second-order valence-corrected chi connectivity index (χ2v) is 8.81. The molecule has 4 aromatic rings. The summed E-state index contributed by atoms with van der Waals surface area (Å²) in [6, 6.07) is 13.4. The van der Waals surface area contributed by atoms with Crippen LogP contribution in [0.15, 0.2) is 61.1 Å². The lowest BCUT2D eigenvalue weighted by molar-refractivity contribution is 0.0950. The molecule has 0 unspecified atom stereocenters. The molecule has 0 fully saturated rings. The highest BCUT2D eigenvalue weighted by Gasteiger charge is 2.14. The van der Waals surface area contributed by atoms with E-state index in [1.807, 2.05) is 55.9 Å². The molecule has 8 nitrogen and oxygen atoms in total. The first-order valence-electron chi connectivity index (χ1n) is 11.2. The minimum atomic E-state index is -0.191. The monoisotopic (exact) mass is 490 g/mol. The van der Waals surface area contributed by atoms with Gasteiger partial charge in [0.05, 0.1) is 35.9 Å². The molecule has 2 aromatic carbocycles. The van der Waals surface area contributed by atoms with Crippen molar-refractivity contribution in [3.05, 3.63) is 82.8 Å². The van der Waals surface area contributed by atoms with Crippen molar-refractivity contribution >= 4 is 29.1 Å². The van der Waals surface area contributed by atoms with E-state index in [0.29, 0.717) is 40.2 Å². The number of carbonyl (C=O) groups excluding carboxylic acids is 1. The van der Waals surface area contributed by atoms with Crippen LogP contribution in [-0.2, 0) is 6.54 Å². The Bertz CT molecular complexity index is 1350. The first-order chi connectivity index (χ1) is 16.8. The zero-order chi connectivity index (χ0) is 24.9. The molecular weight excluding hydrogens is 464 g/mol. The van der Waals surface area contributed by atoms with E-state index in [1.165, 1.54) is 0 Å². The van der Waals surface area contributed by atoms with E-state index in [2.05, 4.69) is 25.7 Å². The first-order valence-corrected chi connectivity index (χ1v) is 11.6. The Morgan fingerprint density at radius 2 is 2.00 bits per heavy atom. The highest BCUT2D eigenvalue weighted by molar-refractivity contribution is 6.32. The highest BCUT2D eigenvalue weighted by Crippen LogP contribution is 2.30. The molecule has 9 heteroatoms. The fourth-order valence-corrected chi connectivity index (χ4v) is 3.74. The molecule has 0 aliphatic heterocycles. The molecule has 0 radical (unpaired) electrons. The number of aryl methyl sites for hydroxylation is 1. The van der Waals surface area contributed by atoms with Crippen LogP contribution in [-0.4, -0.2) is 32.8 Å². The van der Waals surface area contributed by atoms with Crippen molar-refractivity contribution < 1.29 is 9.53 Å². The number of methoxy groups -OCH3 is 1. The average Bonchev–Trinajstić information content (AvgIpc) is 3.34. The molecule has 1 amide bonds. The summed E-state index contributed by atoms with van der Waals surface area (Å²) in [6.07, 6.45) is 5.16. The lowest BCUT2D eigenvalue weighted by atomic mass is 10.1. The van der Waals surface area contributed by atoms with E-state index in [0.717, 1.165) is 16.7 Å². The van der Waals surface area contributed by atoms with Gasteiger partial charge in [0, 0.05) is 29.9 Å². The molecule has 0 bridgehead atoms. The minimum absolute atomic E-state index is 0.191. The van der Waals surface area contributed by atoms with Crippen molar-refractivity contribution in [1.29, 1.82) is 0 Å². The van der Waals surface area contributed by atoms with Gasteiger partial charge >= 0.3 is 0 Å². The standard InChI is InChI=1S/C26H27ClN6O2/c1-16(2)33-15-20(13-30-33)24-21(27)14-29-26(32-24)31-22-9-8-19(11-23(22)35-4)25(34)28-12-18-7-5-6-17(3)10-18/h5-11,13-16H,12H2,1-4H3,(H,28,34)(H,29,31,32). The Balaban J connectivity index is 1.51. The smallest absolute Gasteiger partial charge is 0.251 e. The fraction of sp³-hybridized carbons (Fsp3) is 0.231. The Labute approximate surface area is 209 Å². The van der Waals surface area contributed by atoms with Crippen LogP contribution in [0.25, 0.3) is 11.3 Å². The third kappa shape index (κ3) is 5.78. The quantitative estimate of drug-likeness (QED) is 0.335. The topological polar surface area (TPSA) is 94.0 Å². The van der Waals surface area contributed by atoms with Crippen LogP contribution in [0, 0.1) is 6.92 Å². The molecule has 0 atom stereocenters. The summed E-state index contributed by atoms with van der Waals surface area (Å²) in [5.74, 6) is 0.640. The number of ether oxygens (including phenoxy) is 1. The predicted molar refractivity (Wildman–Crippen MR) is 137 cm³/mol. The van der Waals surface area contributed by atoms with Crippen LogP contribution in [0.4, 0.5) is 11.6 Å². The number of benzene rings is 2. The molecule has 0 spiro atoms. The molecular formula is C26H27ClN6O2. The van der Waals surface area contributed by atoms with Gasteiger partial charge in [-0.2, -0.15) is 5.10 Å². The van der Waals surface area contributed by atoms with Crippen molar-refractivity contribution in [2.24, 2.45) is 0 Å². The molecule has 0 saturated carbocycles. The van der Waals surface area contributed by atoms with Crippen LogP contribution >= 0.6 is 11.6 Å². The molecule has 0 aliphatic rings. The maximum absolute atomic E-state index is 12.7. The van der Waals surface area contributed by atoms with Gasteiger partial charge < -0.3 is 15.4 Å². The number of amides is 1. The summed E-state index contributed by atoms with van der Waals surface area (Å²) in [5, 5.41) is 10.9. The SMILES string of the molecule is COc1cc(C(=O)NCc2cccc(C)c2)ccc1Nc1ncc(Cl)c(-c2cnn(C(C)C)c2)n1. The predicted octanol–water partition coefficient (Wildman–Crippen LogP) is 5.57. The van der Waals surface area contributed by atoms with Crippen LogP contribution in [0.2, 0.25) is 5.02 Å². The first kappa shape index (κ1) is 24.2. The average molecular weight is 491 g/mol. The zero-order valence-electron chi connectivity index (χ0n) is 20.0. The third-order valence-electron chi connectivity index (χ3n) is 5.39. The summed E-state index contributed by atoms with van der Waals surface area (Å²) in [7, 11) is 1.55. The van der Waals surface area contributed by atoms with Gasteiger partial charge in [0.25, 0.3) is 5.91 Å². The van der Waals surface area contributed by atoms with Crippen molar-refractivity contribution in [2.45, 2.75) is 33.4 Å². The number of hydrogen-bond donors (Lipinski definition) is 2. The Morgan fingerprint density at radius 1 is 1.17 bits per heavy atom. The van der Waals surface area contributed by atoms with Gasteiger partial charge in [-0.25, -0.2) is 9.97 Å². The van der Waals surface area contributed by atoms with Crippen molar-refractivity contribution in [1.82, 2.24) is 25.1 Å². The number of rotatable bonds is 8. The van der Waals surface area contributed by atoms with Gasteiger partial charge in [0.1, 0.15) is 5.75 Å². The molecule has 2 aromatic heterocycles. The summed E-state index contributed by atoms with van der Waals surface area (Å²) in [4.78, 5) is 21.6. The maximum atomic E-state index is 12.7. The molecule has 4 rings (SSSR count). The van der Waals surface area contributed by atoms with E-state index >= 15 is 0 Å². The lowest BCUT2D eigenvalue weighted by Gasteiger charge is -2.13. The Hall–Kier alpha value is -3.91. The minimum Gasteiger partial charge on any atom is -0.495 e. The molecule has 35 heavy (non-hydrogen) atoms. The Morgan fingerprint density at radius 3 is 2.71 bits per heavy atom. The number of nitrogens with one attached hydrogen (secondary N) is 2. The van der Waals surface area contributed by atoms with Gasteiger partial charge in [-0.15, -0.1) is 0 Å². The normalized spacial score (nSPS) is 10.9. The number of hydrogen-bond acceptors (Lipinski definition) is 6. The van der Waals surface area contributed by atoms with E-state index in [1.54, 1.807) is 37.7 Å². The maximum Gasteiger partial charge on any atom is 0.251 e. The molecule has 2 N–H and O–H groups in total. The van der Waals surface area contributed by atoms with Crippen molar-refractivity contribution in [2.75, 3.05) is 12.4 Å². The second-order valence-electron chi connectivity index (χ2n) is 8.40. The van der Waals surface area contributed by atoms with Gasteiger partial charge in [0.15, 0.2) is 0 Å². The van der Waals surface area contributed by atoms with Crippen LogP contribution in [0.3, 0.4) is 0 Å². The van der Waals surface area contributed by atoms with Crippen molar-refractivity contribution in [3.63, 3.8) is 0 Å². The molecule has 180 valence electrons. The zero-order valence-corrected chi connectivity index (χ0v) is 20.8. The van der Waals surface area contributed by atoms with Gasteiger partial charge in [-0.3, -0.25) is 9.48 Å². The van der Waals surface area contributed by atoms with E-state index < -0.39 is 0 Å².